The predicted octanol–water partition coefficient (Wildman–Crippen LogP) is 1.39. The molecule has 1 atom stereocenters. The van der Waals surface area contributed by atoms with E-state index in [1.165, 1.54) is 19.3 Å². The average molecular weight is 256 g/mol. The zero-order valence-corrected chi connectivity index (χ0v) is 11.8. The molecule has 106 valence electrons. The summed E-state index contributed by atoms with van der Waals surface area (Å²) in [5.41, 5.74) is 0. The number of amides is 1. The molecule has 0 bridgehead atoms. The number of nitrogens with zero attached hydrogens (tertiary/aromatic N) is 1. The standard InChI is InChI=1S/C14H28N2O2/c1-3-15-11-12(2)14(18)16(9-10-17)13-7-5-4-6-8-13/h12-13,15,17H,3-11H2,1-2H3. The van der Waals surface area contributed by atoms with Gasteiger partial charge >= 0.3 is 0 Å². The van der Waals surface area contributed by atoms with Crippen LogP contribution in [0.1, 0.15) is 46.0 Å². The van der Waals surface area contributed by atoms with E-state index in [0.717, 1.165) is 25.9 Å². The lowest BCUT2D eigenvalue weighted by Gasteiger charge is -2.35. The highest BCUT2D eigenvalue weighted by molar-refractivity contribution is 5.79. The van der Waals surface area contributed by atoms with Crippen LogP contribution in [0.4, 0.5) is 0 Å². The Morgan fingerprint density at radius 2 is 2.06 bits per heavy atom. The number of hydrogen-bond acceptors (Lipinski definition) is 3. The third-order valence-corrected chi connectivity index (χ3v) is 3.76. The fourth-order valence-electron chi connectivity index (χ4n) is 2.70. The molecule has 0 aromatic heterocycles. The highest BCUT2D eigenvalue weighted by atomic mass is 16.3. The largest absolute Gasteiger partial charge is 0.395 e. The second-order valence-electron chi connectivity index (χ2n) is 5.26. The van der Waals surface area contributed by atoms with Gasteiger partial charge < -0.3 is 15.3 Å². The summed E-state index contributed by atoms with van der Waals surface area (Å²) in [7, 11) is 0. The maximum absolute atomic E-state index is 12.4. The van der Waals surface area contributed by atoms with Crippen LogP contribution in [0.15, 0.2) is 0 Å². The fraction of sp³-hybridized carbons (Fsp3) is 0.929. The predicted molar refractivity (Wildman–Crippen MR) is 73.4 cm³/mol. The summed E-state index contributed by atoms with van der Waals surface area (Å²) in [6.45, 7) is 6.18. The van der Waals surface area contributed by atoms with E-state index in [2.05, 4.69) is 5.32 Å². The Kier molecular flexibility index (Phi) is 7.28. The van der Waals surface area contributed by atoms with E-state index < -0.39 is 0 Å². The Bertz CT molecular complexity index is 240. The molecule has 0 saturated heterocycles. The third kappa shape index (κ3) is 4.58. The first kappa shape index (κ1) is 15.4. The molecule has 18 heavy (non-hydrogen) atoms. The van der Waals surface area contributed by atoms with E-state index in [4.69, 9.17) is 5.11 Å². The van der Waals surface area contributed by atoms with Crippen LogP contribution in [0.2, 0.25) is 0 Å². The molecular weight excluding hydrogens is 228 g/mol. The summed E-state index contributed by atoms with van der Waals surface area (Å²) >= 11 is 0. The fourth-order valence-corrected chi connectivity index (χ4v) is 2.70. The maximum Gasteiger partial charge on any atom is 0.227 e. The van der Waals surface area contributed by atoms with Crippen molar-refractivity contribution in [3.63, 3.8) is 0 Å². The molecule has 0 aromatic rings. The molecule has 1 aliphatic carbocycles. The monoisotopic (exact) mass is 256 g/mol. The van der Waals surface area contributed by atoms with Gasteiger partial charge in [-0.25, -0.2) is 0 Å². The van der Waals surface area contributed by atoms with E-state index >= 15 is 0 Å². The van der Waals surface area contributed by atoms with Crippen LogP contribution in [0, 0.1) is 5.92 Å². The van der Waals surface area contributed by atoms with Crippen LogP contribution in [-0.4, -0.2) is 48.2 Å². The smallest absolute Gasteiger partial charge is 0.227 e. The number of nitrogens with one attached hydrogen (secondary N) is 1. The van der Waals surface area contributed by atoms with Crippen molar-refractivity contribution < 1.29 is 9.90 Å². The zero-order valence-electron chi connectivity index (χ0n) is 11.8. The number of carbonyl (C=O) groups is 1. The third-order valence-electron chi connectivity index (χ3n) is 3.76. The van der Waals surface area contributed by atoms with Crippen LogP contribution in [-0.2, 0) is 4.79 Å². The summed E-state index contributed by atoms with van der Waals surface area (Å²) in [5.74, 6) is 0.190. The minimum absolute atomic E-state index is 0.00146. The van der Waals surface area contributed by atoms with Crippen molar-refractivity contribution in [2.75, 3.05) is 26.2 Å². The molecule has 1 rings (SSSR count). The van der Waals surface area contributed by atoms with E-state index in [-0.39, 0.29) is 18.4 Å². The first-order chi connectivity index (χ1) is 8.70. The zero-order chi connectivity index (χ0) is 13.4. The molecule has 0 spiro atoms. The van der Waals surface area contributed by atoms with E-state index in [1.807, 2.05) is 18.7 Å². The molecule has 2 N–H and O–H groups in total. The number of rotatable bonds is 7. The molecule has 0 heterocycles. The summed E-state index contributed by atoms with van der Waals surface area (Å²) in [4.78, 5) is 14.3. The minimum atomic E-state index is -0.00146. The number of hydrogen-bond donors (Lipinski definition) is 2. The number of aliphatic hydroxyl groups is 1. The van der Waals surface area contributed by atoms with Gasteiger partial charge in [0.2, 0.25) is 5.91 Å². The quantitative estimate of drug-likeness (QED) is 0.723. The van der Waals surface area contributed by atoms with Gasteiger partial charge in [0.25, 0.3) is 0 Å². The molecule has 1 fully saturated rings. The normalized spacial score (nSPS) is 18.6. The molecule has 1 unspecified atom stereocenters. The van der Waals surface area contributed by atoms with E-state index in [0.29, 0.717) is 12.6 Å². The maximum atomic E-state index is 12.4. The lowest BCUT2D eigenvalue weighted by molar-refractivity contribution is -0.138. The molecule has 1 amide bonds. The summed E-state index contributed by atoms with van der Waals surface area (Å²) in [6.07, 6.45) is 5.90. The minimum Gasteiger partial charge on any atom is -0.395 e. The number of aliphatic hydroxyl groups excluding tert-OH is 1. The lowest BCUT2D eigenvalue weighted by Crippen LogP contribution is -2.47. The van der Waals surface area contributed by atoms with Crippen LogP contribution >= 0.6 is 0 Å². The van der Waals surface area contributed by atoms with Crippen molar-refractivity contribution in [1.82, 2.24) is 10.2 Å². The van der Waals surface area contributed by atoms with Gasteiger partial charge in [0.05, 0.1) is 6.61 Å². The van der Waals surface area contributed by atoms with Crippen molar-refractivity contribution in [1.29, 1.82) is 0 Å². The summed E-state index contributed by atoms with van der Waals surface area (Å²) in [6, 6.07) is 0.350. The van der Waals surface area contributed by atoms with Gasteiger partial charge in [0.1, 0.15) is 0 Å². The Labute approximate surface area is 111 Å². The van der Waals surface area contributed by atoms with E-state index in [1.54, 1.807) is 0 Å². The molecule has 4 heteroatoms. The first-order valence-corrected chi connectivity index (χ1v) is 7.32. The van der Waals surface area contributed by atoms with Crippen molar-refractivity contribution in [3.8, 4) is 0 Å². The Balaban J connectivity index is 2.55. The average Bonchev–Trinajstić information content (AvgIpc) is 2.42. The van der Waals surface area contributed by atoms with Crippen LogP contribution in [0.25, 0.3) is 0 Å². The van der Waals surface area contributed by atoms with Crippen LogP contribution < -0.4 is 5.32 Å². The molecule has 0 aliphatic heterocycles. The molecular formula is C14H28N2O2. The van der Waals surface area contributed by atoms with Crippen molar-refractivity contribution >= 4 is 5.91 Å². The molecule has 0 aromatic carbocycles. The van der Waals surface area contributed by atoms with Gasteiger partial charge in [-0.05, 0) is 19.4 Å². The van der Waals surface area contributed by atoms with Crippen molar-refractivity contribution in [2.45, 2.75) is 52.0 Å². The molecule has 1 aliphatic rings. The second-order valence-corrected chi connectivity index (χ2v) is 5.26. The second kappa shape index (κ2) is 8.48. The van der Waals surface area contributed by atoms with Gasteiger partial charge in [-0.2, -0.15) is 0 Å². The SMILES string of the molecule is CCNCC(C)C(=O)N(CCO)C1CCCCC1. The highest BCUT2D eigenvalue weighted by Gasteiger charge is 2.27. The summed E-state index contributed by atoms with van der Waals surface area (Å²) in [5, 5.41) is 12.4. The van der Waals surface area contributed by atoms with Crippen LogP contribution in [0.5, 0.6) is 0 Å². The van der Waals surface area contributed by atoms with Gasteiger partial charge in [-0.15, -0.1) is 0 Å². The highest BCUT2D eigenvalue weighted by Crippen LogP contribution is 2.23. The Hall–Kier alpha value is -0.610. The first-order valence-electron chi connectivity index (χ1n) is 7.32. The molecule has 0 radical (unpaired) electrons. The van der Waals surface area contributed by atoms with Crippen LogP contribution in [0.3, 0.4) is 0 Å². The lowest BCUT2D eigenvalue weighted by atomic mass is 9.93. The van der Waals surface area contributed by atoms with Gasteiger partial charge in [-0.3, -0.25) is 4.79 Å². The molecule has 4 nitrogen and oxygen atoms in total. The van der Waals surface area contributed by atoms with Gasteiger partial charge in [0.15, 0.2) is 0 Å². The topological polar surface area (TPSA) is 52.6 Å². The van der Waals surface area contributed by atoms with Crippen molar-refractivity contribution in [3.05, 3.63) is 0 Å². The Morgan fingerprint density at radius 3 is 2.61 bits per heavy atom. The molecule has 1 saturated carbocycles. The summed E-state index contributed by atoms with van der Waals surface area (Å²) < 4.78 is 0. The van der Waals surface area contributed by atoms with Gasteiger partial charge in [-0.1, -0.05) is 33.1 Å². The number of carbonyl (C=O) groups excluding carboxylic acids is 1. The van der Waals surface area contributed by atoms with Gasteiger partial charge in [0, 0.05) is 25.0 Å². The van der Waals surface area contributed by atoms with E-state index in [9.17, 15) is 4.79 Å². The van der Waals surface area contributed by atoms with Crippen molar-refractivity contribution in [2.24, 2.45) is 5.92 Å². The Morgan fingerprint density at radius 1 is 1.39 bits per heavy atom.